The van der Waals surface area contributed by atoms with E-state index < -0.39 is 0 Å². The third-order valence-corrected chi connectivity index (χ3v) is 1.35. The summed E-state index contributed by atoms with van der Waals surface area (Å²) in [5.41, 5.74) is 1.24. The van der Waals surface area contributed by atoms with E-state index in [1.54, 1.807) is 6.07 Å². The Kier molecular flexibility index (Phi) is 5.77. The summed E-state index contributed by atoms with van der Waals surface area (Å²) in [4.78, 5) is 0. The van der Waals surface area contributed by atoms with E-state index in [0.717, 1.165) is 5.02 Å². The Labute approximate surface area is 77.9 Å². The van der Waals surface area contributed by atoms with Gasteiger partial charge in [0.2, 0.25) is 0 Å². The normalized spacial score (nSPS) is 7.42. The van der Waals surface area contributed by atoms with E-state index in [1.807, 2.05) is 31.2 Å². The highest BCUT2D eigenvalue weighted by Gasteiger charge is 1.81. The first-order valence-corrected chi connectivity index (χ1v) is 3.81. The molecule has 0 saturated carbocycles. The van der Waals surface area contributed by atoms with Gasteiger partial charge in [-0.25, -0.2) is 0 Å². The first-order chi connectivity index (χ1) is 5.70. The second-order valence-corrected chi connectivity index (χ2v) is 2.57. The third-order valence-electron chi connectivity index (χ3n) is 1.10. The first kappa shape index (κ1) is 10.7. The molecule has 0 heterocycles. The summed E-state index contributed by atoms with van der Waals surface area (Å²) < 4.78 is 0. The van der Waals surface area contributed by atoms with Crippen LogP contribution in [0.4, 0.5) is 0 Å². The summed E-state index contributed by atoms with van der Waals surface area (Å²) in [7, 11) is 0. The first-order valence-electron chi connectivity index (χ1n) is 3.43. The summed E-state index contributed by atoms with van der Waals surface area (Å²) in [5.74, 6) is 0. The molecule has 0 aromatic heterocycles. The van der Waals surface area contributed by atoms with Crippen LogP contribution in [0.15, 0.2) is 36.9 Å². The predicted molar refractivity (Wildman–Crippen MR) is 52.0 cm³/mol. The lowest BCUT2D eigenvalue weighted by molar-refractivity contribution is 1.48. The molecule has 0 atom stereocenters. The van der Waals surface area contributed by atoms with Crippen molar-refractivity contribution in [1.82, 2.24) is 0 Å². The summed E-state index contributed by atoms with van der Waals surface area (Å²) in [6, 6.07) is 9.44. The highest BCUT2D eigenvalue weighted by atomic mass is 35.5. The van der Waals surface area contributed by atoms with Crippen LogP contribution in [-0.4, -0.2) is 0 Å². The molecular formula is C10H10ClN. The highest BCUT2D eigenvalue weighted by Crippen LogP contribution is 2.07. The van der Waals surface area contributed by atoms with Crippen molar-refractivity contribution in [2.75, 3.05) is 0 Å². The van der Waals surface area contributed by atoms with E-state index in [4.69, 9.17) is 16.9 Å². The van der Waals surface area contributed by atoms with Crippen LogP contribution in [0.2, 0.25) is 5.02 Å². The molecule has 0 spiro atoms. The lowest BCUT2D eigenvalue weighted by atomic mass is 10.2. The van der Waals surface area contributed by atoms with Crippen molar-refractivity contribution in [2.45, 2.75) is 6.92 Å². The Morgan fingerprint density at radius 2 is 1.83 bits per heavy atom. The van der Waals surface area contributed by atoms with E-state index >= 15 is 0 Å². The number of hydrogen-bond acceptors (Lipinski definition) is 1. The number of nitriles is 1. The average molecular weight is 180 g/mol. The van der Waals surface area contributed by atoms with E-state index in [9.17, 15) is 0 Å². The second kappa shape index (κ2) is 6.45. The van der Waals surface area contributed by atoms with Crippen molar-refractivity contribution in [2.24, 2.45) is 0 Å². The molecule has 1 aromatic rings. The van der Waals surface area contributed by atoms with Crippen molar-refractivity contribution < 1.29 is 0 Å². The fourth-order valence-corrected chi connectivity index (χ4v) is 0.659. The maximum Gasteiger partial charge on any atom is 0.0905 e. The number of halogens is 1. The average Bonchev–Trinajstić information content (AvgIpc) is 2.11. The minimum absolute atomic E-state index is 0.801. The molecule has 0 aliphatic carbocycles. The van der Waals surface area contributed by atoms with Crippen molar-refractivity contribution in [3.63, 3.8) is 0 Å². The Hall–Kier alpha value is -1.26. The lowest BCUT2D eigenvalue weighted by Gasteiger charge is -1.88. The maximum atomic E-state index is 7.51. The van der Waals surface area contributed by atoms with Crippen LogP contribution in [0.25, 0.3) is 0 Å². The van der Waals surface area contributed by atoms with Crippen LogP contribution in [0.1, 0.15) is 5.56 Å². The fourth-order valence-electron chi connectivity index (χ4n) is 0.533. The van der Waals surface area contributed by atoms with Gasteiger partial charge in [-0.05, 0) is 19.1 Å². The molecule has 0 radical (unpaired) electrons. The van der Waals surface area contributed by atoms with Crippen molar-refractivity contribution in [1.29, 1.82) is 5.26 Å². The summed E-state index contributed by atoms with van der Waals surface area (Å²) >= 11 is 5.61. The number of nitrogens with zero attached hydrogens (tertiary/aromatic N) is 1. The van der Waals surface area contributed by atoms with Gasteiger partial charge in [0.15, 0.2) is 0 Å². The second-order valence-electron chi connectivity index (χ2n) is 2.13. The Morgan fingerprint density at radius 1 is 1.42 bits per heavy atom. The van der Waals surface area contributed by atoms with Crippen molar-refractivity contribution >= 4 is 11.6 Å². The maximum absolute atomic E-state index is 7.51. The van der Waals surface area contributed by atoms with E-state index in [-0.39, 0.29) is 0 Å². The number of allylic oxidation sites excluding steroid dienone is 1. The smallest absolute Gasteiger partial charge is 0.0905 e. The van der Waals surface area contributed by atoms with Gasteiger partial charge in [-0.15, -0.1) is 0 Å². The Bertz CT molecular complexity index is 248. The minimum atomic E-state index is 0.801. The largest absolute Gasteiger partial charge is 0.193 e. The molecule has 0 unspecified atom stereocenters. The van der Waals surface area contributed by atoms with E-state index in [2.05, 4.69) is 6.58 Å². The van der Waals surface area contributed by atoms with Gasteiger partial charge in [0.1, 0.15) is 0 Å². The van der Waals surface area contributed by atoms with Crippen molar-refractivity contribution in [3.8, 4) is 6.07 Å². The summed E-state index contributed by atoms with van der Waals surface area (Å²) in [6.07, 6.45) is 1.18. The van der Waals surface area contributed by atoms with E-state index in [1.165, 1.54) is 11.6 Å². The predicted octanol–water partition coefficient (Wildman–Crippen LogP) is 3.34. The molecule has 0 fully saturated rings. The SMILES string of the molecule is C=CC#N.Cc1ccc(Cl)cc1. The number of rotatable bonds is 0. The standard InChI is InChI=1S/C7H7Cl.C3H3N/c1-6-2-4-7(8)5-3-6;1-2-3-4/h2-5H,1H3;2H,1H2. The van der Waals surface area contributed by atoms with Crippen molar-refractivity contribution in [3.05, 3.63) is 47.5 Å². The van der Waals surface area contributed by atoms with Crippen LogP contribution in [0, 0.1) is 18.3 Å². The van der Waals surface area contributed by atoms with Gasteiger partial charge < -0.3 is 0 Å². The van der Waals surface area contributed by atoms with Gasteiger partial charge >= 0.3 is 0 Å². The van der Waals surface area contributed by atoms with Gasteiger partial charge in [0, 0.05) is 11.1 Å². The molecule has 62 valence electrons. The molecule has 2 heteroatoms. The van der Waals surface area contributed by atoms with Gasteiger partial charge in [0.05, 0.1) is 6.07 Å². The molecule has 0 saturated heterocycles. The van der Waals surface area contributed by atoms with Gasteiger partial charge in [-0.3, -0.25) is 0 Å². The van der Waals surface area contributed by atoms with Crippen LogP contribution in [0.3, 0.4) is 0 Å². The minimum Gasteiger partial charge on any atom is -0.193 e. The summed E-state index contributed by atoms with van der Waals surface area (Å²) in [6.45, 7) is 5.16. The van der Waals surface area contributed by atoms with E-state index in [0.29, 0.717) is 0 Å². The molecule has 0 aliphatic heterocycles. The molecule has 1 rings (SSSR count). The zero-order valence-corrected chi connectivity index (χ0v) is 7.67. The molecular weight excluding hydrogens is 170 g/mol. The number of aryl methyl sites for hydroxylation is 1. The van der Waals surface area contributed by atoms with Gasteiger partial charge in [-0.2, -0.15) is 5.26 Å². The zero-order chi connectivity index (χ0) is 9.40. The van der Waals surface area contributed by atoms with Gasteiger partial charge in [0.25, 0.3) is 0 Å². The molecule has 0 bridgehead atoms. The third kappa shape index (κ3) is 5.52. The lowest BCUT2D eigenvalue weighted by Crippen LogP contribution is -1.66. The molecule has 1 aromatic carbocycles. The Balaban J connectivity index is 0.000000261. The van der Waals surface area contributed by atoms with Crippen LogP contribution >= 0.6 is 11.6 Å². The quantitative estimate of drug-likeness (QED) is 0.561. The number of benzene rings is 1. The fraction of sp³-hybridized carbons (Fsp3) is 0.100. The van der Waals surface area contributed by atoms with Crippen LogP contribution in [-0.2, 0) is 0 Å². The Morgan fingerprint density at radius 3 is 2.08 bits per heavy atom. The molecule has 1 nitrogen and oxygen atoms in total. The van der Waals surface area contributed by atoms with Crippen LogP contribution < -0.4 is 0 Å². The topological polar surface area (TPSA) is 23.8 Å². The zero-order valence-electron chi connectivity index (χ0n) is 6.92. The molecule has 12 heavy (non-hydrogen) atoms. The highest BCUT2D eigenvalue weighted by molar-refractivity contribution is 6.30. The van der Waals surface area contributed by atoms with Crippen LogP contribution in [0.5, 0.6) is 0 Å². The summed E-state index contributed by atoms with van der Waals surface area (Å²) in [5, 5.41) is 8.31. The number of hydrogen-bond donors (Lipinski definition) is 0. The monoisotopic (exact) mass is 179 g/mol. The molecule has 0 N–H and O–H groups in total. The molecule has 0 aliphatic rings. The van der Waals surface area contributed by atoms with Gasteiger partial charge in [-0.1, -0.05) is 35.9 Å². The molecule has 0 amide bonds.